The molecule has 0 bridgehead atoms. The number of hydrogen-bond donors (Lipinski definition) is 0. The average molecular weight is 937 g/mol. The van der Waals surface area contributed by atoms with Gasteiger partial charge in [-0.3, -0.25) is 0 Å². The molecule has 0 saturated heterocycles. The summed E-state index contributed by atoms with van der Waals surface area (Å²) in [5, 5.41) is 1.06. The second-order valence-corrected chi connectivity index (χ2v) is 25.0. The lowest BCUT2D eigenvalue weighted by atomic mass is 9.35. The van der Waals surface area contributed by atoms with Gasteiger partial charge in [-0.1, -0.05) is 137 Å². The lowest BCUT2D eigenvalue weighted by Crippen LogP contribution is -2.61. The monoisotopic (exact) mass is 937 g/mol. The topological polar surface area (TPSA) is 22.9 Å². The molecule has 3 heterocycles. The maximum absolute atomic E-state index is 9.57. The van der Waals surface area contributed by atoms with Crippen molar-refractivity contribution >= 4 is 85.5 Å². The van der Waals surface area contributed by atoms with E-state index in [0.29, 0.717) is 11.4 Å². The predicted molar refractivity (Wildman–Crippen MR) is 304 cm³/mol. The summed E-state index contributed by atoms with van der Waals surface area (Å²) in [7, 11) is 0. The molecule has 71 heavy (non-hydrogen) atoms. The van der Waals surface area contributed by atoms with E-state index >= 15 is 0 Å². The van der Waals surface area contributed by atoms with Crippen molar-refractivity contribution in [3.05, 3.63) is 178 Å². The standard InChI is InChI=1S/C66H70BN3O/c1-41-32-42(2)34-47(33-41)69-55-27-24-43(62(3,4)5)35-54(55)67-59-56(69)37-48(68(44-20-16-14-17-21-44)45-22-18-15-19-23-45)38-57(59)70(46-25-26-50-51(36-46)64(8,9)29-28-63(50,6)7)60-49-39-52-53(40-58(49)71-61(60)67)66(12,13)31-30-65(52,10)11/h14-27,32-40H,28-31H2,1-13H3/i14D,16D,17D,20D,21D. The van der Waals surface area contributed by atoms with Crippen molar-refractivity contribution in [3.8, 4) is 0 Å². The maximum Gasteiger partial charge on any atom is 0.297 e. The van der Waals surface area contributed by atoms with Crippen LogP contribution in [0.5, 0.6) is 0 Å². The van der Waals surface area contributed by atoms with Gasteiger partial charge >= 0.3 is 0 Å². The van der Waals surface area contributed by atoms with Gasteiger partial charge in [-0.25, -0.2) is 0 Å². The van der Waals surface area contributed by atoms with E-state index in [1.165, 1.54) is 27.8 Å². The van der Waals surface area contributed by atoms with E-state index in [1.807, 2.05) is 35.2 Å². The van der Waals surface area contributed by atoms with Crippen LogP contribution in [0.2, 0.25) is 0 Å². The van der Waals surface area contributed by atoms with Crippen molar-refractivity contribution in [2.75, 3.05) is 14.7 Å². The van der Waals surface area contributed by atoms with Crippen LogP contribution in [0.1, 0.15) is 148 Å². The van der Waals surface area contributed by atoms with Crippen LogP contribution in [0.15, 0.2) is 144 Å². The van der Waals surface area contributed by atoms with E-state index in [2.05, 4.69) is 179 Å². The summed E-state index contributed by atoms with van der Waals surface area (Å²) in [4.78, 5) is 6.75. The number of para-hydroxylation sites is 2. The van der Waals surface area contributed by atoms with Gasteiger partial charge in [0.25, 0.3) is 6.71 Å². The van der Waals surface area contributed by atoms with Gasteiger partial charge in [0.05, 0.1) is 23.9 Å². The number of benzene rings is 7. The molecule has 1 aromatic heterocycles. The Morgan fingerprint density at radius 2 is 1.14 bits per heavy atom. The zero-order chi connectivity index (χ0) is 54.1. The summed E-state index contributed by atoms with van der Waals surface area (Å²) >= 11 is 0. The lowest BCUT2D eigenvalue weighted by molar-refractivity contribution is 0.332. The van der Waals surface area contributed by atoms with Crippen molar-refractivity contribution in [1.29, 1.82) is 0 Å². The second-order valence-electron chi connectivity index (χ2n) is 25.0. The molecule has 4 aliphatic rings. The predicted octanol–water partition coefficient (Wildman–Crippen LogP) is 16.6. The van der Waals surface area contributed by atoms with Crippen molar-refractivity contribution < 1.29 is 11.3 Å². The Hall–Kier alpha value is -6.46. The van der Waals surface area contributed by atoms with E-state index in [1.54, 1.807) is 0 Å². The smallest absolute Gasteiger partial charge is 0.297 e. The first-order valence-electron chi connectivity index (χ1n) is 28.4. The summed E-state index contributed by atoms with van der Waals surface area (Å²) in [6, 6.07) is 38.1. The van der Waals surface area contributed by atoms with E-state index < -0.39 is 6.04 Å². The highest BCUT2D eigenvalue weighted by molar-refractivity contribution is 7.00. The number of fused-ring (bicyclic) bond motifs is 8. The Balaban J connectivity index is 1.28. The number of hydrogen-bond acceptors (Lipinski definition) is 4. The summed E-state index contributed by atoms with van der Waals surface area (Å²) < 4.78 is 53.6. The highest BCUT2D eigenvalue weighted by Crippen LogP contribution is 2.55. The van der Waals surface area contributed by atoms with Crippen LogP contribution in [0.3, 0.4) is 0 Å². The van der Waals surface area contributed by atoms with Crippen molar-refractivity contribution in [3.63, 3.8) is 0 Å². The van der Waals surface area contributed by atoms with Gasteiger partial charge in [-0.15, -0.1) is 0 Å². The molecule has 4 nitrogen and oxygen atoms in total. The quantitative estimate of drug-likeness (QED) is 0.160. The Labute approximate surface area is 430 Å². The number of anilines is 9. The molecule has 5 heteroatoms. The van der Waals surface area contributed by atoms with Crippen molar-refractivity contribution in [2.24, 2.45) is 0 Å². The van der Waals surface area contributed by atoms with Crippen LogP contribution < -0.4 is 31.3 Å². The molecule has 0 saturated carbocycles. The van der Waals surface area contributed by atoms with Crippen LogP contribution in [0.25, 0.3) is 11.0 Å². The third-order valence-electron chi connectivity index (χ3n) is 17.0. The Kier molecular flexibility index (Phi) is 8.78. The van der Waals surface area contributed by atoms with Gasteiger partial charge in [-0.05, 0) is 195 Å². The van der Waals surface area contributed by atoms with Crippen LogP contribution in [0, 0.1) is 13.8 Å². The van der Waals surface area contributed by atoms with Crippen LogP contribution in [0.4, 0.5) is 51.2 Å². The molecule has 2 aliphatic carbocycles. The number of furan rings is 1. The average Bonchev–Trinajstić information content (AvgIpc) is 3.84. The summed E-state index contributed by atoms with van der Waals surface area (Å²) in [6.45, 7) is 29.9. The molecule has 12 rings (SSSR count). The number of nitrogens with zero attached hydrogens (tertiary/aromatic N) is 3. The molecule has 0 amide bonds. The molecule has 0 atom stereocenters. The second kappa shape index (κ2) is 15.5. The first-order valence-corrected chi connectivity index (χ1v) is 25.9. The first-order chi connectivity index (χ1) is 35.7. The largest absolute Gasteiger partial charge is 0.468 e. The molecule has 0 fully saturated rings. The summed E-state index contributed by atoms with van der Waals surface area (Å²) in [6.07, 6.45) is 4.30. The van der Waals surface area contributed by atoms with Crippen LogP contribution in [-0.2, 0) is 27.1 Å². The minimum Gasteiger partial charge on any atom is -0.468 e. The zero-order valence-corrected chi connectivity index (χ0v) is 44.0. The van der Waals surface area contributed by atoms with E-state index in [-0.39, 0.29) is 63.6 Å². The van der Waals surface area contributed by atoms with Crippen molar-refractivity contribution in [1.82, 2.24) is 0 Å². The van der Waals surface area contributed by atoms with Gasteiger partial charge in [0, 0.05) is 45.2 Å². The highest BCUT2D eigenvalue weighted by atomic mass is 16.3. The highest BCUT2D eigenvalue weighted by Gasteiger charge is 2.49. The van der Waals surface area contributed by atoms with Gasteiger partial charge in [-0.2, -0.15) is 0 Å². The van der Waals surface area contributed by atoms with Gasteiger partial charge in [0.2, 0.25) is 0 Å². The fraction of sp³-hybridized carbons (Fsp3) is 0.333. The number of rotatable bonds is 5. The Bertz CT molecular complexity index is 3720. The van der Waals surface area contributed by atoms with Crippen LogP contribution >= 0.6 is 0 Å². The fourth-order valence-corrected chi connectivity index (χ4v) is 12.8. The molecular weight excluding hydrogens is 862 g/mol. The normalized spacial score (nSPS) is 18.8. The fourth-order valence-electron chi connectivity index (χ4n) is 12.8. The molecule has 0 unspecified atom stereocenters. The molecule has 7 aromatic carbocycles. The third-order valence-corrected chi connectivity index (χ3v) is 17.0. The SMILES string of the molecule is [2H]c1c([2H])c([2H])c(N(c2ccccc2)c2cc3c4c(c2)N(c2ccc5c(c2)C(C)(C)CCC5(C)C)c2c(oc5cc6c(cc25)C(C)(C)CCC6(C)C)B4c2cc(C(C)(C)C)ccc2N3c2cc(C)cc(C)c2)c([2H])c1[2H]. The molecule has 0 radical (unpaired) electrons. The molecular formula is C66H70BN3O. The Morgan fingerprint density at radius 1 is 0.549 bits per heavy atom. The van der Waals surface area contributed by atoms with E-state index in [9.17, 15) is 2.74 Å². The van der Waals surface area contributed by atoms with Crippen molar-refractivity contribution in [2.45, 2.75) is 143 Å². The lowest BCUT2D eigenvalue weighted by Gasteiger charge is -2.45. The molecule has 8 aromatic rings. The van der Waals surface area contributed by atoms with Gasteiger partial charge < -0.3 is 19.1 Å². The summed E-state index contributed by atoms with van der Waals surface area (Å²) in [5.41, 5.74) is 19.8. The zero-order valence-electron chi connectivity index (χ0n) is 49.0. The molecule has 2 aliphatic heterocycles. The minimum atomic E-state index is -0.430. The molecule has 0 spiro atoms. The number of aryl methyl sites for hydroxylation is 2. The third kappa shape index (κ3) is 7.14. The van der Waals surface area contributed by atoms with Crippen LogP contribution in [-0.4, -0.2) is 6.71 Å². The van der Waals surface area contributed by atoms with Gasteiger partial charge in [0.15, 0.2) is 0 Å². The maximum atomic E-state index is 9.57. The van der Waals surface area contributed by atoms with E-state index in [0.717, 1.165) is 98.5 Å². The van der Waals surface area contributed by atoms with Gasteiger partial charge in [0.1, 0.15) is 5.58 Å². The first kappa shape index (κ1) is 40.2. The minimum absolute atomic E-state index is 0.0125. The Morgan fingerprint density at radius 3 is 1.77 bits per heavy atom. The van der Waals surface area contributed by atoms with E-state index in [4.69, 9.17) is 8.53 Å². The summed E-state index contributed by atoms with van der Waals surface area (Å²) in [5.74, 6) is 0. The molecule has 0 N–H and O–H groups in total. The molecule has 358 valence electrons.